The first-order valence-corrected chi connectivity index (χ1v) is 6.80. The Morgan fingerprint density at radius 3 is 2.80 bits per heavy atom. The van der Waals surface area contributed by atoms with Crippen molar-refractivity contribution in [3.63, 3.8) is 0 Å². The molecule has 0 spiro atoms. The van der Waals surface area contributed by atoms with Crippen LogP contribution in [0.15, 0.2) is 18.2 Å². The molecule has 1 fully saturated rings. The molecule has 0 unspecified atom stereocenters. The van der Waals surface area contributed by atoms with E-state index in [2.05, 4.69) is 5.32 Å². The van der Waals surface area contributed by atoms with Gasteiger partial charge in [-0.25, -0.2) is 0 Å². The standard InChI is InChI=1S/C14H20N2O4/c1-3-20-13-7-11(8-13)15-9-10-6-12(16(17)18)4-5-14(10)19-2/h4-6,11,13,15H,3,7-9H2,1-2H3. The van der Waals surface area contributed by atoms with Crippen LogP contribution >= 0.6 is 0 Å². The van der Waals surface area contributed by atoms with Crippen molar-refractivity contribution in [1.29, 1.82) is 0 Å². The van der Waals surface area contributed by atoms with E-state index in [4.69, 9.17) is 9.47 Å². The van der Waals surface area contributed by atoms with E-state index >= 15 is 0 Å². The predicted octanol–water partition coefficient (Wildman–Crippen LogP) is 2.26. The lowest BCUT2D eigenvalue weighted by Gasteiger charge is -2.35. The van der Waals surface area contributed by atoms with E-state index < -0.39 is 4.92 Å². The van der Waals surface area contributed by atoms with Crippen LogP contribution in [0, 0.1) is 10.1 Å². The second-order valence-electron chi connectivity index (χ2n) is 4.88. The van der Waals surface area contributed by atoms with E-state index in [0.29, 0.717) is 24.4 Å². The van der Waals surface area contributed by atoms with Crippen molar-refractivity contribution in [2.75, 3.05) is 13.7 Å². The molecule has 6 heteroatoms. The Morgan fingerprint density at radius 2 is 2.20 bits per heavy atom. The van der Waals surface area contributed by atoms with Gasteiger partial charge in [-0.15, -0.1) is 0 Å². The number of nitro groups is 1. The molecule has 2 rings (SSSR count). The average molecular weight is 280 g/mol. The fourth-order valence-corrected chi connectivity index (χ4v) is 2.38. The molecule has 20 heavy (non-hydrogen) atoms. The summed E-state index contributed by atoms with van der Waals surface area (Å²) in [4.78, 5) is 10.4. The zero-order valence-electron chi connectivity index (χ0n) is 11.8. The van der Waals surface area contributed by atoms with Crippen molar-refractivity contribution in [2.24, 2.45) is 0 Å². The summed E-state index contributed by atoms with van der Waals surface area (Å²) >= 11 is 0. The van der Waals surface area contributed by atoms with Crippen molar-refractivity contribution in [3.05, 3.63) is 33.9 Å². The highest BCUT2D eigenvalue weighted by Crippen LogP contribution is 2.26. The van der Waals surface area contributed by atoms with Gasteiger partial charge in [-0.05, 0) is 25.8 Å². The van der Waals surface area contributed by atoms with E-state index in [9.17, 15) is 10.1 Å². The van der Waals surface area contributed by atoms with Gasteiger partial charge in [0.2, 0.25) is 0 Å². The highest BCUT2D eigenvalue weighted by atomic mass is 16.6. The second kappa shape index (κ2) is 6.67. The average Bonchev–Trinajstić information content (AvgIpc) is 2.40. The monoisotopic (exact) mass is 280 g/mol. The maximum Gasteiger partial charge on any atom is 0.270 e. The highest BCUT2D eigenvalue weighted by Gasteiger charge is 2.29. The van der Waals surface area contributed by atoms with E-state index in [1.807, 2.05) is 6.92 Å². The molecule has 1 aliphatic carbocycles. The van der Waals surface area contributed by atoms with Crippen LogP contribution in [-0.4, -0.2) is 30.8 Å². The third-order valence-corrected chi connectivity index (χ3v) is 3.55. The number of rotatable bonds is 7. The first-order valence-electron chi connectivity index (χ1n) is 6.80. The van der Waals surface area contributed by atoms with Gasteiger partial charge in [-0.3, -0.25) is 10.1 Å². The van der Waals surface area contributed by atoms with E-state index in [-0.39, 0.29) is 5.69 Å². The van der Waals surface area contributed by atoms with Crippen molar-refractivity contribution >= 4 is 5.69 Å². The molecule has 0 aliphatic heterocycles. The van der Waals surface area contributed by atoms with Gasteiger partial charge in [0.05, 0.1) is 18.1 Å². The third-order valence-electron chi connectivity index (χ3n) is 3.55. The van der Waals surface area contributed by atoms with Crippen LogP contribution in [0.3, 0.4) is 0 Å². The van der Waals surface area contributed by atoms with Crippen LogP contribution in [0.2, 0.25) is 0 Å². The largest absolute Gasteiger partial charge is 0.496 e. The summed E-state index contributed by atoms with van der Waals surface area (Å²) in [5.74, 6) is 0.670. The van der Waals surface area contributed by atoms with E-state index in [1.165, 1.54) is 6.07 Å². The molecule has 0 amide bonds. The molecule has 1 aliphatic rings. The van der Waals surface area contributed by atoms with E-state index in [0.717, 1.165) is 25.0 Å². The molecule has 6 nitrogen and oxygen atoms in total. The minimum absolute atomic E-state index is 0.0865. The Labute approximate surface area is 118 Å². The van der Waals surface area contributed by atoms with Gasteiger partial charge >= 0.3 is 0 Å². The molecule has 0 heterocycles. The first kappa shape index (κ1) is 14.7. The fraction of sp³-hybridized carbons (Fsp3) is 0.571. The Kier molecular flexibility index (Phi) is 4.92. The summed E-state index contributed by atoms with van der Waals surface area (Å²) in [6, 6.07) is 5.07. The van der Waals surface area contributed by atoms with Crippen LogP contribution in [0.25, 0.3) is 0 Å². The molecule has 1 aromatic rings. The smallest absolute Gasteiger partial charge is 0.270 e. The van der Waals surface area contributed by atoms with Gasteiger partial charge in [0.15, 0.2) is 0 Å². The summed E-state index contributed by atoms with van der Waals surface area (Å²) in [5.41, 5.74) is 0.893. The molecule has 0 bridgehead atoms. The fourth-order valence-electron chi connectivity index (χ4n) is 2.38. The summed E-state index contributed by atoms with van der Waals surface area (Å²) in [5, 5.41) is 14.2. The number of nitrogens with one attached hydrogen (secondary N) is 1. The quantitative estimate of drug-likeness (QED) is 0.612. The lowest BCUT2D eigenvalue weighted by atomic mass is 9.89. The number of nitro benzene ring substituents is 1. The molecule has 110 valence electrons. The van der Waals surface area contributed by atoms with Crippen molar-refractivity contribution in [2.45, 2.75) is 38.5 Å². The Hall–Kier alpha value is -1.66. The Bertz CT molecular complexity index is 472. The predicted molar refractivity (Wildman–Crippen MR) is 74.9 cm³/mol. The molecular weight excluding hydrogens is 260 g/mol. The summed E-state index contributed by atoms with van der Waals surface area (Å²) < 4.78 is 10.7. The zero-order chi connectivity index (χ0) is 14.5. The van der Waals surface area contributed by atoms with Crippen molar-refractivity contribution < 1.29 is 14.4 Å². The number of nitrogens with zero attached hydrogens (tertiary/aromatic N) is 1. The number of non-ortho nitro benzene ring substituents is 1. The van der Waals surface area contributed by atoms with Gasteiger partial charge < -0.3 is 14.8 Å². The van der Waals surface area contributed by atoms with Crippen LogP contribution in [-0.2, 0) is 11.3 Å². The Morgan fingerprint density at radius 1 is 1.45 bits per heavy atom. The number of ether oxygens (including phenoxy) is 2. The van der Waals surface area contributed by atoms with Gasteiger partial charge in [0, 0.05) is 36.9 Å². The summed E-state index contributed by atoms with van der Waals surface area (Å²) in [7, 11) is 1.57. The minimum Gasteiger partial charge on any atom is -0.496 e. The highest BCUT2D eigenvalue weighted by molar-refractivity contribution is 5.43. The van der Waals surface area contributed by atoms with Crippen molar-refractivity contribution in [1.82, 2.24) is 5.32 Å². The summed E-state index contributed by atoms with van der Waals surface area (Å²) in [6.45, 7) is 3.30. The number of benzene rings is 1. The maximum absolute atomic E-state index is 10.8. The zero-order valence-corrected chi connectivity index (χ0v) is 11.8. The van der Waals surface area contributed by atoms with Crippen LogP contribution in [0.1, 0.15) is 25.3 Å². The van der Waals surface area contributed by atoms with Gasteiger partial charge in [0.1, 0.15) is 5.75 Å². The van der Waals surface area contributed by atoms with Gasteiger partial charge in [0.25, 0.3) is 5.69 Å². The topological polar surface area (TPSA) is 73.6 Å². The van der Waals surface area contributed by atoms with Crippen LogP contribution in [0.5, 0.6) is 5.75 Å². The summed E-state index contributed by atoms with van der Waals surface area (Å²) in [6.07, 6.45) is 2.33. The van der Waals surface area contributed by atoms with Crippen LogP contribution in [0.4, 0.5) is 5.69 Å². The second-order valence-corrected chi connectivity index (χ2v) is 4.88. The molecule has 1 N–H and O–H groups in total. The first-order chi connectivity index (χ1) is 9.63. The molecule has 0 saturated heterocycles. The number of hydrogen-bond acceptors (Lipinski definition) is 5. The van der Waals surface area contributed by atoms with Gasteiger partial charge in [-0.2, -0.15) is 0 Å². The lowest BCUT2D eigenvalue weighted by molar-refractivity contribution is -0.384. The molecule has 0 atom stereocenters. The minimum atomic E-state index is -0.391. The SMILES string of the molecule is CCOC1CC(NCc2cc([N+](=O)[O-])ccc2OC)C1. The lowest BCUT2D eigenvalue weighted by Crippen LogP contribution is -2.45. The number of hydrogen-bond donors (Lipinski definition) is 1. The van der Waals surface area contributed by atoms with Crippen LogP contribution < -0.4 is 10.1 Å². The van der Waals surface area contributed by atoms with E-state index in [1.54, 1.807) is 19.2 Å². The van der Waals surface area contributed by atoms with Crippen molar-refractivity contribution in [3.8, 4) is 5.75 Å². The Balaban J connectivity index is 1.92. The number of methoxy groups -OCH3 is 1. The molecule has 1 saturated carbocycles. The maximum atomic E-state index is 10.8. The molecular formula is C14H20N2O4. The molecule has 1 aromatic carbocycles. The molecule has 0 radical (unpaired) electrons. The molecule has 0 aromatic heterocycles. The third kappa shape index (κ3) is 3.46. The normalized spacial score (nSPS) is 21.3. The van der Waals surface area contributed by atoms with Gasteiger partial charge in [-0.1, -0.05) is 0 Å².